The molecule has 0 spiro atoms. The van der Waals surface area contributed by atoms with Crippen LogP contribution >= 0.6 is 0 Å². The van der Waals surface area contributed by atoms with Crippen LogP contribution in [0.5, 0.6) is 5.75 Å². The maximum atomic E-state index is 5.68. The first-order valence-corrected chi connectivity index (χ1v) is 5.15. The number of hydrogen-bond acceptors (Lipinski definition) is 5. The van der Waals surface area contributed by atoms with Crippen molar-refractivity contribution in [1.29, 1.82) is 0 Å². The normalized spacial score (nSPS) is 10.9. The van der Waals surface area contributed by atoms with Crippen LogP contribution in [0.2, 0.25) is 0 Å². The van der Waals surface area contributed by atoms with Gasteiger partial charge in [-0.15, -0.1) is 0 Å². The van der Waals surface area contributed by atoms with Crippen molar-refractivity contribution in [2.45, 2.75) is 6.92 Å². The van der Waals surface area contributed by atoms with Gasteiger partial charge in [-0.25, -0.2) is 0 Å². The molecular weight excluding hydrogens is 220 g/mol. The predicted molar refractivity (Wildman–Crippen MR) is 60.8 cm³/mol. The molecule has 86 valence electrons. The van der Waals surface area contributed by atoms with E-state index in [1.807, 2.05) is 24.3 Å². The van der Waals surface area contributed by atoms with Gasteiger partial charge in [0.1, 0.15) is 0 Å². The highest BCUT2D eigenvalue weighted by atomic mass is 16.5. The minimum atomic E-state index is 0.445. The fourth-order valence-corrected chi connectivity index (χ4v) is 1.71. The first-order valence-electron chi connectivity index (χ1n) is 5.15. The molecule has 5 heteroatoms. The number of fused-ring (bicyclic) bond motifs is 1. The minimum Gasteiger partial charge on any atom is -0.493 e. The fraction of sp³-hybridized carbons (Fsp3) is 0.167. The summed E-state index contributed by atoms with van der Waals surface area (Å²) in [6.07, 6.45) is 0. The summed E-state index contributed by atoms with van der Waals surface area (Å²) in [5.41, 5.74) is 0.687. The molecule has 0 N–H and O–H groups in total. The van der Waals surface area contributed by atoms with Gasteiger partial charge in [0.25, 0.3) is 0 Å². The van der Waals surface area contributed by atoms with Gasteiger partial charge in [-0.2, -0.15) is 4.98 Å². The molecule has 0 amide bonds. The summed E-state index contributed by atoms with van der Waals surface area (Å²) >= 11 is 0. The summed E-state index contributed by atoms with van der Waals surface area (Å²) in [6.45, 7) is 1.74. The Morgan fingerprint density at radius 3 is 2.88 bits per heavy atom. The lowest BCUT2D eigenvalue weighted by atomic mass is 10.2. The van der Waals surface area contributed by atoms with Gasteiger partial charge >= 0.3 is 0 Å². The van der Waals surface area contributed by atoms with Crippen LogP contribution in [0.1, 0.15) is 5.89 Å². The second kappa shape index (κ2) is 3.62. The number of nitrogens with zero attached hydrogens (tertiary/aromatic N) is 2. The highest BCUT2D eigenvalue weighted by Crippen LogP contribution is 2.31. The molecule has 0 saturated heterocycles. The Kier molecular flexibility index (Phi) is 2.11. The van der Waals surface area contributed by atoms with Crippen LogP contribution in [-0.2, 0) is 0 Å². The zero-order valence-corrected chi connectivity index (χ0v) is 9.43. The van der Waals surface area contributed by atoms with Crippen molar-refractivity contribution in [2.24, 2.45) is 0 Å². The summed E-state index contributed by atoms with van der Waals surface area (Å²) in [6, 6.07) is 7.55. The van der Waals surface area contributed by atoms with Gasteiger partial charge < -0.3 is 13.7 Å². The number of para-hydroxylation sites is 1. The molecule has 2 aromatic heterocycles. The number of furan rings is 1. The van der Waals surface area contributed by atoms with Crippen molar-refractivity contribution >= 4 is 11.0 Å². The maximum absolute atomic E-state index is 5.68. The lowest BCUT2D eigenvalue weighted by Crippen LogP contribution is -1.81. The molecule has 0 bridgehead atoms. The Morgan fingerprint density at radius 1 is 1.29 bits per heavy atom. The summed E-state index contributed by atoms with van der Waals surface area (Å²) in [4.78, 5) is 4.12. The number of hydrogen-bond donors (Lipinski definition) is 0. The maximum Gasteiger partial charge on any atom is 0.238 e. The second-order valence-corrected chi connectivity index (χ2v) is 3.63. The lowest BCUT2D eigenvalue weighted by Gasteiger charge is -1.98. The minimum absolute atomic E-state index is 0.445. The van der Waals surface area contributed by atoms with E-state index in [1.54, 1.807) is 14.0 Å². The van der Waals surface area contributed by atoms with Crippen LogP contribution in [0.25, 0.3) is 22.6 Å². The Labute approximate surface area is 97.0 Å². The zero-order chi connectivity index (χ0) is 11.8. The van der Waals surface area contributed by atoms with E-state index in [0.717, 1.165) is 5.39 Å². The summed E-state index contributed by atoms with van der Waals surface area (Å²) in [5.74, 6) is 2.21. The third-order valence-corrected chi connectivity index (χ3v) is 2.48. The number of aryl methyl sites for hydroxylation is 1. The van der Waals surface area contributed by atoms with E-state index >= 15 is 0 Å². The molecule has 0 aliphatic rings. The van der Waals surface area contributed by atoms with Crippen molar-refractivity contribution in [2.75, 3.05) is 7.11 Å². The molecule has 5 nitrogen and oxygen atoms in total. The van der Waals surface area contributed by atoms with Crippen LogP contribution in [0.3, 0.4) is 0 Å². The number of benzene rings is 1. The van der Waals surface area contributed by atoms with Gasteiger partial charge in [0, 0.05) is 12.3 Å². The van der Waals surface area contributed by atoms with Crippen molar-refractivity contribution in [3.63, 3.8) is 0 Å². The second-order valence-electron chi connectivity index (χ2n) is 3.63. The molecule has 0 radical (unpaired) electrons. The van der Waals surface area contributed by atoms with E-state index in [9.17, 15) is 0 Å². The summed E-state index contributed by atoms with van der Waals surface area (Å²) < 4.78 is 15.8. The number of ether oxygens (including phenoxy) is 1. The molecule has 0 aliphatic heterocycles. The first kappa shape index (κ1) is 9.89. The number of methoxy groups -OCH3 is 1. The molecule has 3 rings (SSSR count). The van der Waals surface area contributed by atoms with Gasteiger partial charge in [-0.1, -0.05) is 17.3 Å². The molecule has 0 fully saturated rings. The Morgan fingerprint density at radius 2 is 2.18 bits per heavy atom. The van der Waals surface area contributed by atoms with Crippen molar-refractivity contribution < 1.29 is 13.7 Å². The molecule has 0 atom stereocenters. The molecule has 1 aromatic carbocycles. The lowest BCUT2D eigenvalue weighted by molar-refractivity contribution is 0.392. The number of rotatable bonds is 2. The third-order valence-electron chi connectivity index (χ3n) is 2.48. The fourth-order valence-electron chi connectivity index (χ4n) is 1.71. The average Bonchev–Trinajstić information content (AvgIpc) is 2.93. The molecule has 0 saturated carbocycles. The van der Waals surface area contributed by atoms with Crippen LogP contribution in [-0.4, -0.2) is 17.3 Å². The quantitative estimate of drug-likeness (QED) is 0.677. The Bertz CT molecular complexity index is 669. The van der Waals surface area contributed by atoms with Gasteiger partial charge in [0.2, 0.25) is 11.7 Å². The molecule has 0 unspecified atom stereocenters. The number of aromatic nitrogens is 2. The van der Waals surface area contributed by atoms with E-state index in [1.165, 1.54) is 0 Å². The molecule has 0 aliphatic carbocycles. The SMILES string of the molecule is COc1cccc2cc(-c3noc(C)n3)oc12. The van der Waals surface area contributed by atoms with Crippen molar-refractivity contribution in [1.82, 2.24) is 10.1 Å². The van der Waals surface area contributed by atoms with E-state index in [-0.39, 0.29) is 0 Å². The Hall–Kier alpha value is -2.30. The predicted octanol–water partition coefficient (Wildman–Crippen LogP) is 2.80. The Balaban J connectivity index is 2.19. The molecule has 3 aromatic rings. The van der Waals surface area contributed by atoms with Crippen LogP contribution in [0.4, 0.5) is 0 Å². The third kappa shape index (κ3) is 1.56. The van der Waals surface area contributed by atoms with Crippen molar-refractivity contribution in [3.05, 3.63) is 30.2 Å². The summed E-state index contributed by atoms with van der Waals surface area (Å²) in [7, 11) is 1.61. The summed E-state index contributed by atoms with van der Waals surface area (Å²) in [5, 5.41) is 4.76. The first-order chi connectivity index (χ1) is 8.28. The van der Waals surface area contributed by atoms with E-state index in [2.05, 4.69) is 10.1 Å². The van der Waals surface area contributed by atoms with Gasteiger partial charge in [0.15, 0.2) is 17.1 Å². The molecular formula is C12H10N2O3. The monoisotopic (exact) mass is 230 g/mol. The zero-order valence-electron chi connectivity index (χ0n) is 9.43. The topological polar surface area (TPSA) is 61.3 Å². The van der Waals surface area contributed by atoms with E-state index < -0.39 is 0 Å². The van der Waals surface area contributed by atoms with E-state index in [4.69, 9.17) is 13.7 Å². The largest absolute Gasteiger partial charge is 0.493 e. The highest BCUT2D eigenvalue weighted by molar-refractivity contribution is 5.86. The highest BCUT2D eigenvalue weighted by Gasteiger charge is 2.13. The van der Waals surface area contributed by atoms with Crippen LogP contribution < -0.4 is 4.74 Å². The standard InChI is InChI=1S/C12H10N2O3/c1-7-13-12(14-17-7)10-6-8-4-3-5-9(15-2)11(8)16-10/h3-6H,1-2H3. The van der Waals surface area contributed by atoms with Gasteiger partial charge in [0.05, 0.1) is 7.11 Å². The molecule has 2 heterocycles. The van der Waals surface area contributed by atoms with Crippen molar-refractivity contribution in [3.8, 4) is 17.3 Å². The van der Waals surface area contributed by atoms with Gasteiger partial charge in [-0.05, 0) is 12.1 Å². The van der Waals surface area contributed by atoms with Crippen LogP contribution in [0.15, 0.2) is 33.2 Å². The smallest absolute Gasteiger partial charge is 0.238 e. The molecule has 17 heavy (non-hydrogen) atoms. The average molecular weight is 230 g/mol. The van der Waals surface area contributed by atoms with E-state index in [0.29, 0.717) is 28.8 Å². The van der Waals surface area contributed by atoms with Crippen LogP contribution in [0, 0.1) is 6.92 Å². The van der Waals surface area contributed by atoms with Gasteiger partial charge in [-0.3, -0.25) is 0 Å².